The number of aromatic nitrogens is 2. The van der Waals surface area contributed by atoms with E-state index in [0.29, 0.717) is 16.1 Å². The first kappa shape index (κ1) is 9.47. The Morgan fingerprint density at radius 3 is 2.78 bits per heavy atom. The fourth-order valence-electron chi connectivity index (χ4n) is 1.31. The lowest BCUT2D eigenvalue weighted by Crippen LogP contribution is -1.96. The number of benzene rings is 1. The van der Waals surface area contributed by atoms with Gasteiger partial charge in [0.05, 0.1) is 11.2 Å². The molecule has 2 rings (SSSR count). The summed E-state index contributed by atoms with van der Waals surface area (Å²) in [7, 11) is -2.46. The predicted octanol–water partition coefficient (Wildman–Crippen LogP) is 3.60. The Kier molecular flexibility index (Phi) is 3.12. The lowest BCUT2D eigenvalue weighted by atomic mass is 10.3. The topological polar surface area (TPSA) is 47.0 Å². The Morgan fingerprint density at radius 1 is 1.33 bits per heavy atom. The molecular formula is C12H12ClN3OS. The summed E-state index contributed by atoms with van der Waals surface area (Å²) in [5.74, 6) is 0.829. The molecule has 0 spiro atoms. The lowest BCUT2D eigenvalue weighted by molar-refractivity contribution is 0.415. The van der Waals surface area contributed by atoms with Gasteiger partial charge in [-0.05, 0) is 30.5 Å². The monoisotopic (exact) mass is 284 g/mol. The molecule has 18 heavy (non-hydrogen) atoms. The number of halogens is 1. The molecule has 0 radical (unpaired) electrons. The Bertz CT molecular complexity index is 622. The largest absolute Gasteiger partial charge is 0.497 e. The maximum atomic E-state index is 7.03. The van der Waals surface area contributed by atoms with Gasteiger partial charge in [-0.3, -0.25) is 0 Å². The van der Waals surface area contributed by atoms with Gasteiger partial charge in [-0.15, -0.1) is 0 Å². The van der Waals surface area contributed by atoms with Gasteiger partial charge in [0.2, 0.25) is 0 Å². The minimum Gasteiger partial charge on any atom is -0.497 e. The third-order valence-corrected chi connectivity index (χ3v) is 2.84. The fraction of sp³-hybridized carbons (Fsp3) is 0.167. The van der Waals surface area contributed by atoms with Gasteiger partial charge in [0.15, 0.2) is 5.16 Å². The predicted molar refractivity (Wildman–Crippen MR) is 75.1 cm³/mol. The van der Waals surface area contributed by atoms with E-state index in [2.05, 4.69) is 15.3 Å². The number of hydrogen-bond donors (Lipinski definition) is 1. The minimum absolute atomic E-state index is 0.270. The van der Waals surface area contributed by atoms with Crippen LogP contribution in [0.4, 0.5) is 11.5 Å². The first-order valence-electron chi connectivity index (χ1n) is 6.50. The molecule has 1 aromatic heterocycles. The van der Waals surface area contributed by atoms with E-state index in [-0.39, 0.29) is 5.75 Å². The maximum absolute atomic E-state index is 7.03. The van der Waals surface area contributed by atoms with Crippen molar-refractivity contribution >= 4 is 34.9 Å². The van der Waals surface area contributed by atoms with Gasteiger partial charge in [-0.25, -0.2) is 9.97 Å². The summed E-state index contributed by atoms with van der Waals surface area (Å²) in [5.41, 5.74) is 0.731. The van der Waals surface area contributed by atoms with E-state index in [1.807, 2.05) is 6.26 Å². The summed E-state index contributed by atoms with van der Waals surface area (Å²) in [6, 6.07) is 8.11. The minimum atomic E-state index is -2.46. The van der Waals surface area contributed by atoms with Crippen LogP contribution in [0.25, 0.3) is 0 Å². The van der Waals surface area contributed by atoms with Crippen molar-refractivity contribution in [2.45, 2.75) is 5.16 Å². The van der Waals surface area contributed by atoms with Gasteiger partial charge in [0, 0.05) is 11.8 Å². The molecule has 4 nitrogen and oxygen atoms in total. The van der Waals surface area contributed by atoms with Gasteiger partial charge in [0.1, 0.15) is 16.7 Å². The highest BCUT2D eigenvalue weighted by molar-refractivity contribution is 7.98. The number of ether oxygens (including phenoxy) is 1. The number of nitrogens with zero attached hydrogens (tertiary/aromatic N) is 2. The number of anilines is 2. The van der Waals surface area contributed by atoms with Crippen LogP contribution in [0.5, 0.6) is 5.75 Å². The number of rotatable bonds is 4. The molecule has 2 aromatic rings. The summed E-state index contributed by atoms with van der Waals surface area (Å²) in [6.45, 7) is 0. The summed E-state index contributed by atoms with van der Waals surface area (Å²) in [5, 5.41) is 3.97. The van der Waals surface area contributed by atoms with E-state index in [0.717, 1.165) is 5.69 Å². The second-order valence-electron chi connectivity index (χ2n) is 3.31. The molecule has 0 fully saturated rings. The average molecular weight is 285 g/mol. The van der Waals surface area contributed by atoms with Crippen molar-refractivity contribution in [2.75, 3.05) is 18.6 Å². The molecule has 0 saturated carbocycles. The van der Waals surface area contributed by atoms with Crippen LogP contribution in [0.3, 0.4) is 0 Å². The number of nitrogens with one attached hydrogen (secondary N) is 1. The van der Waals surface area contributed by atoms with Crippen LogP contribution in [0.1, 0.15) is 4.11 Å². The number of hydrogen-bond acceptors (Lipinski definition) is 5. The quantitative estimate of drug-likeness (QED) is 0.528. The zero-order valence-electron chi connectivity index (χ0n) is 12.5. The Hall–Kier alpha value is -1.46. The molecule has 6 heteroatoms. The van der Waals surface area contributed by atoms with Gasteiger partial charge in [0.25, 0.3) is 0 Å². The van der Waals surface area contributed by atoms with Crippen molar-refractivity contribution in [1.82, 2.24) is 9.97 Å². The van der Waals surface area contributed by atoms with Crippen molar-refractivity contribution in [3.05, 3.63) is 35.5 Å². The van der Waals surface area contributed by atoms with Gasteiger partial charge < -0.3 is 10.1 Å². The maximum Gasteiger partial charge on any atom is 0.190 e. The molecular weight excluding hydrogens is 270 g/mol. The molecule has 0 saturated heterocycles. The van der Waals surface area contributed by atoms with Crippen molar-refractivity contribution in [3.63, 3.8) is 0 Å². The van der Waals surface area contributed by atoms with E-state index < -0.39 is 7.04 Å². The second kappa shape index (κ2) is 5.93. The Morgan fingerprint density at radius 2 is 2.11 bits per heavy atom. The molecule has 94 valence electrons. The van der Waals surface area contributed by atoms with Gasteiger partial charge in [-0.2, -0.15) is 0 Å². The van der Waals surface area contributed by atoms with Gasteiger partial charge in [-0.1, -0.05) is 23.4 Å². The van der Waals surface area contributed by atoms with E-state index in [1.165, 1.54) is 11.8 Å². The van der Waals surface area contributed by atoms with Crippen LogP contribution >= 0.6 is 23.4 Å². The van der Waals surface area contributed by atoms with Crippen LogP contribution < -0.4 is 10.1 Å². The molecule has 1 heterocycles. The summed E-state index contributed by atoms with van der Waals surface area (Å²) < 4.78 is 25.9. The number of thioether (sulfide) groups is 1. The van der Waals surface area contributed by atoms with E-state index in [1.54, 1.807) is 30.3 Å². The van der Waals surface area contributed by atoms with E-state index >= 15 is 0 Å². The highest BCUT2D eigenvalue weighted by Gasteiger charge is 2.03. The van der Waals surface area contributed by atoms with Crippen molar-refractivity contribution < 1.29 is 8.85 Å². The first-order chi connectivity index (χ1) is 9.85. The zero-order chi connectivity index (χ0) is 15.5. The van der Waals surface area contributed by atoms with Crippen LogP contribution in [-0.2, 0) is 0 Å². The summed E-state index contributed by atoms with van der Waals surface area (Å²) in [4.78, 5) is 8.31. The molecule has 0 aliphatic rings. The van der Waals surface area contributed by atoms with Crippen molar-refractivity contribution in [2.24, 2.45) is 0 Å². The third kappa shape index (κ3) is 3.27. The Balaban J connectivity index is 2.11. The van der Waals surface area contributed by atoms with Crippen LogP contribution in [0.2, 0.25) is 5.15 Å². The molecule has 0 bridgehead atoms. The van der Waals surface area contributed by atoms with Crippen molar-refractivity contribution in [1.29, 1.82) is 0 Å². The van der Waals surface area contributed by atoms with E-state index in [9.17, 15) is 0 Å². The summed E-state index contributed by atoms with van der Waals surface area (Å²) >= 11 is 7.29. The molecule has 0 unspecified atom stereocenters. The highest BCUT2D eigenvalue weighted by Crippen LogP contribution is 2.22. The Labute approximate surface area is 119 Å². The SMILES string of the molecule is [2H]C([2H])([2H])Oc1ccc(Nc2cc(Cl)nc(SC)n2)cc1. The standard InChI is InChI=1S/C12H12ClN3OS/c1-17-9-5-3-8(4-6-9)14-11-7-10(13)15-12(16-11)18-2/h3-7H,1-2H3,(H,14,15,16)/i1D3. The van der Waals surface area contributed by atoms with Crippen LogP contribution in [0, 0.1) is 0 Å². The average Bonchev–Trinajstić information content (AvgIpc) is 2.38. The molecule has 1 aromatic carbocycles. The third-order valence-electron chi connectivity index (χ3n) is 2.10. The van der Waals surface area contributed by atoms with E-state index in [4.69, 9.17) is 20.5 Å². The fourth-order valence-corrected chi connectivity index (χ4v) is 1.92. The smallest absolute Gasteiger partial charge is 0.190 e. The van der Waals surface area contributed by atoms with Crippen LogP contribution in [-0.4, -0.2) is 23.3 Å². The zero-order valence-corrected chi connectivity index (χ0v) is 11.0. The second-order valence-corrected chi connectivity index (χ2v) is 4.47. The first-order valence-corrected chi connectivity index (χ1v) is 6.61. The lowest BCUT2D eigenvalue weighted by Gasteiger charge is -2.07. The molecule has 0 aliphatic heterocycles. The van der Waals surface area contributed by atoms with Crippen molar-refractivity contribution in [3.8, 4) is 5.75 Å². The molecule has 1 N–H and O–H groups in total. The molecule has 0 aliphatic carbocycles. The summed E-state index contributed by atoms with van der Waals surface area (Å²) in [6.07, 6.45) is 1.86. The van der Waals surface area contributed by atoms with Crippen LogP contribution in [0.15, 0.2) is 35.5 Å². The molecule has 0 atom stereocenters. The molecule has 0 amide bonds. The number of methoxy groups -OCH3 is 1. The van der Waals surface area contributed by atoms with Gasteiger partial charge >= 0.3 is 0 Å². The normalized spacial score (nSPS) is 13.3. The highest BCUT2D eigenvalue weighted by atomic mass is 35.5.